The molecule has 0 bridgehead atoms. The van der Waals surface area contributed by atoms with Gasteiger partial charge in [0, 0.05) is 6.54 Å². The van der Waals surface area contributed by atoms with E-state index in [9.17, 15) is 0 Å². The van der Waals surface area contributed by atoms with E-state index in [2.05, 4.69) is 42.2 Å². The largest absolute Gasteiger partial charge is 0.370 e. The molecule has 1 N–H and O–H groups in total. The van der Waals surface area contributed by atoms with Crippen LogP contribution in [0.2, 0.25) is 0 Å². The monoisotopic (exact) mass is 232 g/mol. The standard InChI is InChI=1S/C13H20N4/c1-10(2)5-4-6-14-12-7-11(3)8-13-15-9-16-17(12)13/h7-10,14H,4-6H2,1-3H3. The Labute approximate surface area is 102 Å². The molecule has 0 aliphatic rings. The lowest BCUT2D eigenvalue weighted by atomic mass is 10.1. The lowest BCUT2D eigenvalue weighted by molar-refractivity contribution is 0.566. The van der Waals surface area contributed by atoms with Crippen molar-refractivity contribution in [2.24, 2.45) is 5.92 Å². The van der Waals surface area contributed by atoms with Gasteiger partial charge >= 0.3 is 0 Å². The van der Waals surface area contributed by atoms with Gasteiger partial charge in [0.2, 0.25) is 0 Å². The summed E-state index contributed by atoms with van der Waals surface area (Å²) in [4.78, 5) is 4.21. The van der Waals surface area contributed by atoms with E-state index in [1.165, 1.54) is 18.4 Å². The Balaban J connectivity index is 2.04. The predicted octanol–water partition coefficient (Wildman–Crippen LogP) is 2.89. The molecular formula is C13H20N4. The number of rotatable bonds is 5. The number of fused-ring (bicyclic) bond motifs is 1. The molecule has 4 heteroatoms. The highest BCUT2D eigenvalue weighted by atomic mass is 15.3. The van der Waals surface area contributed by atoms with Crippen molar-refractivity contribution in [3.8, 4) is 0 Å². The molecule has 0 aromatic carbocycles. The maximum atomic E-state index is 4.22. The fourth-order valence-corrected chi connectivity index (χ4v) is 1.91. The molecule has 0 radical (unpaired) electrons. The lowest BCUT2D eigenvalue weighted by Crippen LogP contribution is -2.08. The number of hydrogen-bond acceptors (Lipinski definition) is 3. The Morgan fingerprint density at radius 2 is 2.18 bits per heavy atom. The van der Waals surface area contributed by atoms with Crippen molar-refractivity contribution in [1.82, 2.24) is 14.6 Å². The van der Waals surface area contributed by atoms with Crippen LogP contribution in [0.3, 0.4) is 0 Å². The van der Waals surface area contributed by atoms with Crippen molar-refractivity contribution in [1.29, 1.82) is 0 Å². The van der Waals surface area contributed by atoms with Crippen molar-refractivity contribution in [2.75, 3.05) is 11.9 Å². The first-order chi connectivity index (χ1) is 8.16. The Morgan fingerprint density at radius 1 is 1.35 bits per heavy atom. The summed E-state index contributed by atoms with van der Waals surface area (Å²) < 4.78 is 1.85. The minimum atomic E-state index is 0.765. The fraction of sp³-hybridized carbons (Fsp3) is 0.538. The van der Waals surface area contributed by atoms with Gasteiger partial charge in [-0.2, -0.15) is 9.61 Å². The fourth-order valence-electron chi connectivity index (χ4n) is 1.91. The van der Waals surface area contributed by atoms with E-state index >= 15 is 0 Å². The Morgan fingerprint density at radius 3 is 2.94 bits per heavy atom. The van der Waals surface area contributed by atoms with Gasteiger partial charge in [0.15, 0.2) is 5.65 Å². The molecule has 0 aliphatic carbocycles. The van der Waals surface area contributed by atoms with Gasteiger partial charge in [0.25, 0.3) is 0 Å². The smallest absolute Gasteiger partial charge is 0.157 e. The van der Waals surface area contributed by atoms with Crippen LogP contribution in [0.4, 0.5) is 5.82 Å². The lowest BCUT2D eigenvalue weighted by Gasteiger charge is -2.10. The quantitative estimate of drug-likeness (QED) is 0.806. The molecule has 0 atom stereocenters. The molecule has 2 heterocycles. The first-order valence-corrected chi connectivity index (χ1v) is 6.21. The van der Waals surface area contributed by atoms with Crippen LogP contribution in [0.5, 0.6) is 0 Å². The Kier molecular flexibility index (Phi) is 3.61. The third-order valence-electron chi connectivity index (χ3n) is 2.79. The van der Waals surface area contributed by atoms with Gasteiger partial charge in [-0.3, -0.25) is 0 Å². The maximum absolute atomic E-state index is 4.22. The zero-order chi connectivity index (χ0) is 12.3. The molecule has 0 spiro atoms. The SMILES string of the molecule is Cc1cc(NCCCC(C)C)n2ncnc2c1. The van der Waals surface area contributed by atoms with Crippen LogP contribution >= 0.6 is 0 Å². The number of nitrogens with one attached hydrogen (secondary N) is 1. The molecule has 0 aliphatic heterocycles. The Hall–Kier alpha value is -1.58. The molecule has 4 nitrogen and oxygen atoms in total. The van der Waals surface area contributed by atoms with E-state index in [0.29, 0.717) is 0 Å². The molecule has 92 valence electrons. The summed E-state index contributed by atoms with van der Waals surface area (Å²) in [6.45, 7) is 7.56. The van der Waals surface area contributed by atoms with Crippen molar-refractivity contribution >= 4 is 11.5 Å². The average molecular weight is 232 g/mol. The van der Waals surface area contributed by atoms with E-state index in [0.717, 1.165) is 23.9 Å². The molecule has 2 aromatic rings. The molecular weight excluding hydrogens is 212 g/mol. The highest BCUT2D eigenvalue weighted by Gasteiger charge is 2.03. The molecule has 0 fully saturated rings. The van der Waals surface area contributed by atoms with Crippen LogP contribution in [0, 0.1) is 12.8 Å². The van der Waals surface area contributed by atoms with Gasteiger partial charge in [-0.25, -0.2) is 4.98 Å². The predicted molar refractivity (Wildman–Crippen MR) is 70.3 cm³/mol. The number of aryl methyl sites for hydroxylation is 1. The summed E-state index contributed by atoms with van der Waals surface area (Å²) in [5.41, 5.74) is 2.10. The number of anilines is 1. The summed E-state index contributed by atoms with van der Waals surface area (Å²) in [5.74, 6) is 1.79. The minimum absolute atomic E-state index is 0.765. The van der Waals surface area contributed by atoms with Crippen molar-refractivity contribution in [3.63, 3.8) is 0 Å². The third kappa shape index (κ3) is 2.96. The average Bonchev–Trinajstić information content (AvgIpc) is 2.71. The van der Waals surface area contributed by atoms with Crippen molar-refractivity contribution in [2.45, 2.75) is 33.6 Å². The summed E-state index contributed by atoms with van der Waals surface area (Å²) in [6.07, 6.45) is 4.02. The Bertz CT molecular complexity index is 487. The molecule has 0 amide bonds. The number of hydrogen-bond donors (Lipinski definition) is 1. The van der Waals surface area contributed by atoms with Crippen LogP contribution in [-0.2, 0) is 0 Å². The normalized spacial score (nSPS) is 11.3. The highest BCUT2D eigenvalue weighted by Crippen LogP contribution is 2.13. The minimum Gasteiger partial charge on any atom is -0.370 e. The first kappa shape index (κ1) is 11.9. The number of aromatic nitrogens is 3. The van der Waals surface area contributed by atoms with Crippen LogP contribution < -0.4 is 5.32 Å². The van der Waals surface area contributed by atoms with E-state index in [1.807, 2.05) is 10.6 Å². The maximum Gasteiger partial charge on any atom is 0.157 e. The van der Waals surface area contributed by atoms with Gasteiger partial charge in [-0.15, -0.1) is 0 Å². The van der Waals surface area contributed by atoms with Gasteiger partial charge in [-0.1, -0.05) is 13.8 Å². The summed E-state index contributed by atoms with van der Waals surface area (Å²) in [5, 5.41) is 7.65. The highest BCUT2D eigenvalue weighted by molar-refractivity contribution is 5.51. The van der Waals surface area contributed by atoms with Crippen molar-refractivity contribution < 1.29 is 0 Å². The van der Waals surface area contributed by atoms with E-state index < -0.39 is 0 Å². The molecule has 0 unspecified atom stereocenters. The first-order valence-electron chi connectivity index (χ1n) is 6.21. The van der Waals surface area contributed by atoms with E-state index in [4.69, 9.17) is 0 Å². The third-order valence-corrected chi connectivity index (χ3v) is 2.79. The molecule has 0 saturated heterocycles. The zero-order valence-electron chi connectivity index (χ0n) is 10.8. The zero-order valence-corrected chi connectivity index (χ0v) is 10.8. The van der Waals surface area contributed by atoms with Crippen LogP contribution in [-0.4, -0.2) is 21.1 Å². The summed E-state index contributed by atoms with van der Waals surface area (Å²) >= 11 is 0. The molecule has 2 rings (SSSR count). The van der Waals surface area contributed by atoms with Gasteiger partial charge < -0.3 is 5.32 Å². The van der Waals surface area contributed by atoms with E-state index in [1.54, 1.807) is 6.33 Å². The van der Waals surface area contributed by atoms with Crippen LogP contribution in [0.1, 0.15) is 32.3 Å². The van der Waals surface area contributed by atoms with E-state index in [-0.39, 0.29) is 0 Å². The second-order valence-corrected chi connectivity index (χ2v) is 4.91. The van der Waals surface area contributed by atoms with Crippen LogP contribution in [0.25, 0.3) is 5.65 Å². The summed E-state index contributed by atoms with van der Waals surface area (Å²) in [7, 11) is 0. The van der Waals surface area contributed by atoms with Gasteiger partial charge in [0.05, 0.1) is 0 Å². The molecule has 0 saturated carbocycles. The molecule has 17 heavy (non-hydrogen) atoms. The van der Waals surface area contributed by atoms with Crippen LogP contribution in [0.15, 0.2) is 18.5 Å². The topological polar surface area (TPSA) is 42.2 Å². The summed E-state index contributed by atoms with van der Waals surface area (Å²) in [6, 6.07) is 4.14. The van der Waals surface area contributed by atoms with Gasteiger partial charge in [-0.05, 0) is 43.4 Å². The second-order valence-electron chi connectivity index (χ2n) is 4.91. The second kappa shape index (κ2) is 5.17. The number of pyridine rings is 1. The molecule has 2 aromatic heterocycles. The van der Waals surface area contributed by atoms with Gasteiger partial charge in [0.1, 0.15) is 12.1 Å². The number of nitrogens with zero attached hydrogens (tertiary/aromatic N) is 3. The van der Waals surface area contributed by atoms with Crippen molar-refractivity contribution in [3.05, 3.63) is 24.0 Å².